The Labute approximate surface area is 209 Å². The second kappa shape index (κ2) is 10.6. The van der Waals surface area contributed by atoms with Gasteiger partial charge in [0.2, 0.25) is 11.2 Å². The molecule has 3 aromatic carbocycles. The lowest BCUT2D eigenvalue weighted by Gasteiger charge is -2.10. The molecule has 0 aliphatic rings. The highest BCUT2D eigenvalue weighted by Gasteiger charge is 2.16. The predicted molar refractivity (Wildman–Crippen MR) is 134 cm³/mol. The summed E-state index contributed by atoms with van der Waals surface area (Å²) in [5.41, 5.74) is 0.878. The minimum absolute atomic E-state index is 0.0421. The van der Waals surface area contributed by atoms with E-state index in [1.807, 2.05) is 0 Å². The Kier molecular flexibility index (Phi) is 7.31. The van der Waals surface area contributed by atoms with Gasteiger partial charge in [0.05, 0.1) is 17.6 Å². The van der Waals surface area contributed by atoms with E-state index in [9.17, 15) is 14.4 Å². The van der Waals surface area contributed by atoms with Gasteiger partial charge in [0.25, 0.3) is 0 Å². The maximum Gasteiger partial charge on any atom is 0.338 e. The number of halogens is 1. The molecular formula is C27H21BrO7. The average molecular weight is 537 g/mol. The zero-order valence-corrected chi connectivity index (χ0v) is 20.6. The molecule has 4 rings (SSSR count). The van der Waals surface area contributed by atoms with Gasteiger partial charge in [-0.25, -0.2) is 4.79 Å². The van der Waals surface area contributed by atoms with Crippen molar-refractivity contribution in [1.82, 2.24) is 0 Å². The highest BCUT2D eigenvalue weighted by molar-refractivity contribution is 9.10. The van der Waals surface area contributed by atoms with Crippen LogP contribution in [0, 0.1) is 6.92 Å². The van der Waals surface area contributed by atoms with Crippen molar-refractivity contribution < 1.29 is 28.2 Å². The molecule has 0 aliphatic heterocycles. The Morgan fingerprint density at radius 3 is 2.26 bits per heavy atom. The third-order valence-corrected chi connectivity index (χ3v) is 5.64. The van der Waals surface area contributed by atoms with E-state index < -0.39 is 5.97 Å². The van der Waals surface area contributed by atoms with Gasteiger partial charge >= 0.3 is 5.97 Å². The number of carbonyl (C=O) groups excluding carboxylic acids is 2. The van der Waals surface area contributed by atoms with Crippen molar-refractivity contribution in [2.24, 2.45) is 0 Å². The van der Waals surface area contributed by atoms with Gasteiger partial charge in [-0.2, -0.15) is 0 Å². The zero-order chi connectivity index (χ0) is 24.9. The Morgan fingerprint density at radius 1 is 0.914 bits per heavy atom. The maximum atomic E-state index is 13.0. The Hall–Kier alpha value is -3.91. The number of ether oxygens (including phenoxy) is 3. The highest BCUT2D eigenvalue weighted by atomic mass is 79.9. The van der Waals surface area contributed by atoms with Crippen LogP contribution in [0.3, 0.4) is 0 Å². The van der Waals surface area contributed by atoms with Gasteiger partial charge < -0.3 is 18.6 Å². The number of aryl methyl sites for hydroxylation is 1. The fourth-order valence-electron chi connectivity index (χ4n) is 3.34. The first-order valence-corrected chi connectivity index (χ1v) is 11.6. The molecule has 0 bridgehead atoms. The molecule has 0 unspecified atom stereocenters. The summed E-state index contributed by atoms with van der Waals surface area (Å²) in [7, 11) is 0. The molecule has 7 nitrogen and oxygen atoms in total. The minimum Gasteiger partial charge on any atom is -0.485 e. The Morgan fingerprint density at radius 2 is 1.57 bits per heavy atom. The topological polar surface area (TPSA) is 92.0 Å². The molecule has 0 saturated heterocycles. The van der Waals surface area contributed by atoms with Gasteiger partial charge in [-0.05, 0) is 62.4 Å². The molecule has 178 valence electrons. The monoisotopic (exact) mass is 536 g/mol. The quantitative estimate of drug-likeness (QED) is 0.198. The van der Waals surface area contributed by atoms with Crippen molar-refractivity contribution in [2.75, 3.05) is 13.2 Å². The molecule has 1 heterocycles. The largest absolute Gasteiger partial charge is 0.485 e. The van der Waals surface area contributed by atoms with Crippen LogP contribution in [0.1, 0.15) is 33.4 Å². The van der Waals surface area contributed by atoms with Gasteiger partial charge in [0.1, 0.15) is 22.8 Å². The van der Waals surface area contributed by atoms with Crippen LogP contribution in [0.4, 0.5) is 0 Å². The van der Waals surface area contributed by atoms with Crippen molar-refractivity contribution in [2.45, 2.75) is 13.8 Å². The summed E-state index contributed by atoms with van der Waals surface area (Å²) in [6, 6.07) is 18.0. The normalized spacial score (nSPS) is 10.7. The van der Waals surface area contributed by atoms with E-state index in [1.54, 1.807) is 80.6 Å². The molecule has 0 amide bonds. The van der Waals surface area contributed by atoms with E-state index in [-0.39, 0.29) is 35.9 Å². The number of ketones is 1. The summed E-state index contributed by atoms with van der Waals surface area (Å²) >= 11 is 3.34. The molecule has 0 saturated carbocycles. The number of Topliss-reactive ketones (excluding diaryl/α,β-unsaturated/α-hetero) is 1. The van der Waals surface area contributed by atoms with Crippen molar-refractivity contribution in [3.63, 3.8) is 0 Å². The first-order chi connectivity index (χ1) is 16.9. The smallest absolute Gasteiger partial charge is 0.338 e. The van der Waals surface area contributed by atoms with Crippen molar-refractivity contribution in [3.8, 4) is 17.2 Å². The fraction of sp³-hybridized carbons (Fsp3) is 0.148. The van der Waals surface area contributed by atoms with Crippen molar-refractivity contribution >= 4 is 38.7 Å². The number of carbonyl (C=O) groups is 2. The first-order valence-electron chi connectivity index (χ1n) is 10.8. The molecule has 0 N–H and O–H groups in total. The van der Waals surface area contributed by atoms with Gasteiger partial charge in [-0.15, -0.1) is 0 Å². The molecule has 35 heavy (non-hydrogen) atoms. The molecular weight excluding hydrogens is 516 g/mol. The SMILES string of the molecule is CCOC(=O)c1ccc(Oc2c(C)oc3cc(OCC(=O)c4ccc(Br)cc4)ccc3c2=O)cc1. The van der Waals surface area contributed by atoms with E-state index >= 15 is 0 Å². The lowest BCUT2D eigenvalue weighted by atomic mass is 10.1. The number of hydrogen-bond acceptors (Lipinski definition) is 7. The van der Waals surface area contributed by atoms with E-state index in [4.69, 9.17) is 18.6 Å². The third kappa shape index (κ3) is 5.60. The van der Waals surface area contributed by atoms with Crippen molar-refractivity contribution in [1.29, 1.82) is 0 Å². The van der Waals surface area contributed by atoms with Crippen LogP contribution in [0.5, 0.6) is 17.2 Å². The maximum absolute atomic E-state index is 13.0. The first kappa shape index (κ1) is 24.2. The summed E-state index contributed by atoms with van der Waals surface area (Å²) in [5.74, 6) is 0.485. The Balaban J connectivity index is 1.51. The molecule has 0 atom stereocenters. The van der Waals surface area contributed by atoms with Crippen molar-refractivity contribution in [3.05, 3.63) is 98.3 Å². The summed E-state index contributed by atoms with van der Waals surface area (Å²) < 4.78 is 23.1. The van der Waals surface area contributed by atoms with Crippen LogP contribution in [0.2, 0.25) is 0 Å². The lowest BCUT2D eigenvalue weighted by molar-refractivity contribution is 0.0526. The van der Waals surface area contributed by atoms with E-state index in [2.05, 4.69) is 15.9 Å². The summed E-state index contributed by atoms with van der Waals surface area (Å²) in [6.45, 7) is 3.48. The zero-order valence-electron chi connectivity index (χ0n) is 19.0. The van der Waals surface area contributed by atoms with Crippen LogP contribution >= 0.6 is 15.9 Å². The summed E-state index contributed by atoms with van der Waals surface area (Å²) in [4.78, 5) is 37.2. The van der Waals surface area contributed by atoms with E-state index in [0.717, 1.165) is 4.47 Å². The van der Waals surface area contributed by atoms with Crippen LogP contribution in [0.15, 0.2) is 80.4 Å². The Bertz CT molecular complexity index is 1440. The highest BCUT2D eigenvalue weighted by Crippen LogP contribution is 2.27. The molecule has 0 aliphatic carbocycles. The molecule has 4 aromatic rings. The van der Waals surface area contributed by atoms with Gasteiger partial charge in [-0.3, -0.25) is 9.59 Å². The number of esters is 1. The second-order valence-electron chi connectivity index (χ2n) is 7.54. The fourth-order valence-corrected chi connectivity index (χ4v) is 3.60. The third-order valence-electron chi connectivity index (χ3n) is 5.11. The molecule has 8 heteroatoms. The number of benzene rings is 3. The second-order valence-corrected chi connectivity index (χ2v) is 8.46. The van der Waals surface area contributed by atoms with Gasteiger partial charge in [-0.1, -0.05) is 28.1 Å². The standard InChI is InChI=1S/C27H21BrO7/c1-3-32-27(31)18-6-10-20(11-7-18)35-26-16(2)34-24-14-21(12-13-22(24)25(26)30)33-15-23(29)17-4-8-19(28)9-5-17/h4-14H,3,15H2,1-2H3. The predicted octanol–water partition coefficient (Wildman–Crippen LogP) is 6.09. The summed E-state index contributed by atoms with van der Waals surface area (Å²) in [6.07, 6.45) is 0. The van der Waals surface area contributed by atoms with E-state index in [0.29, 0.717) is 33.6 Å². The van der Waals surface area contributed by atoms with Crippen LogP contribution in [-0.2, 0) is 4.74 Å². The number of rotatable bonds is 8. The number of fused-ring (bicyclic) bond motifs is 1. The number of hydrogen-bond donors (Lipinski definition) is 0. The van der Waals surface area contributed by atoms with Crippen LogP contribution in [0.25, 0.3) is 11.0 Å². The van der Waals surface area contributed by atoms with E-state index in [1.165, 1.54) is 0 Å². The average Bonchev–Trinajstić information content (AvgIpc) is 2.86. The lowest BCUT2D eigenvalue weighted by Crippen LogP contribution is -2.12. The van der Waals surface area contributed by atoms with Crippen LogP contribution < -0.4 is 14.9 Å². The molecule has 1 aromatic heterocycles. The molecule has 0 radical (unpaired) electrons. The summed E-state index contributed by atoms with van der Waals surface area (Å²) in [5, 5.41) is 0.306. The molecule has 0 fully saturated rings. The van der Waals surface area contributed by atoms with Gasteiger partial charge in [0, 0.05) is 16.1 Å². The molecule has 0 spiro atoms. The van der Waals surface area contributed by atoms with Gasteiger partial charge in [0.15, 0.2) is 12.4 Å². The minimum atomic E-state index is -0.433. The van der Waals surface area contributed by atoms with Crippen LogP contribution in [-0.4, -0.2) is 25.0 Å².